The molecule has 2 aliphatic heterocycles. The summed E-state index contributed by atoms with van der Waals surface area (Å²) in [5, 5.41) is 3.17. The van der Waals surface area contributed by atoms with E-state index in [0.29, 0.717) is 37.7 Å². The van der Waals surface area contributed by atoms with Gasteiger partial charge in [-0.05, 0) is 49.0 Å². The van der Waals surface area contributed by atoms with Crippen LogP contribution in [0.4, 0.5) is 4.79 Å². The van der Waals surface area contributed by atoms with Crippen molar-refractivity contribution in [1.82, 2.24) is 24.7 Å². The normalized spacial score (nSPS) is 23.3. The monoisotopic (exact) mass is 581 g/mol. The van der Waals surface area contributed by atoms with Crippen LogP contribution in [0, 0.1) is 11.3 Å². The molecule has 3 heterocycles. The predicted octanol–water partition coefficient (Wildman–Crippen LogP) is 5.64. The Morgan fingerprint density at radius 1 is 0.977 bits per heavy atom. The third-order valence-electron chi connectivity index (χ3n) is 10.1. The molecule has 2 aromatic carbocycles. The van der Waals surface area contributed by atoms with E-state index in [4.69, 9.17) is 0 Å². The Hall–Kier alpha value is -3.94. The molecular weight excluding hydrogens is 538 g/mol. The lowest BCUT2D eigenvalue weighted by Gasteiger charge is -2.49. The Kier molecular flexibility index (Phi) is 8.63. The van der Waals surface area contributed by atoms with E-state index >= 15 is 0 Å². The van der Waals surface area contributed by atoms with Crippen LogP contribution in [-0.4, -0.2) is 57.0 Å². The maximum absolute atomic E-state index is 14.3. The number of nitrogens with one attached hydrogen (secondary N) is 1. The number of piperidine rings is 2. The van der Waals surface area contributed by atoms with Crippen LogP contribution in [-0.2, 0) is 11.3 Å². The first-order chi connectivity index (χ1) is 21.0. The zero-order valence-electron chi connectivity index (χ0n) is 25.2. The summed E-state index contributed by atoms with van der Waals surface area (Å²) in [6, 6.07) is 21.8. The highest BCUT2D eigenvalue weighted by molar-refractivity contribution is 5.77. The van der Waals surface area contributed by atoms with Gasteiger partial charge in [-0.25, -0.2) is 9.78 Å². The van der Waals surface area contributed by atoms with Crippen LogP contribution in [0.1, 0.15) is 69.9 Å². The molecule has 1 aliphatic carbocycles. The molecule has 43 heavy (non-hydrogen) atoms. The van der Waals surface area contributed by atoms with Gasteiger partial charge in [0, 0.05) is 50.3 Å². The molecular formula is C35H43N5O3. The maximum atomic E-state index is 14.3. The second-order valence-electron chi connectivity index (χ2n) is 12.7. The van der Waals surface area contributed by atoms with Crippen molar-refractivity contribution in [3.63, 3.8) is 0 Å². The lowest BCUT2D eigenvalue weighted by molar-refractivity contribution is -0.121. The Bertz CT molecular complexity index is 1470. The zero-order chi connectivity index (χ0) is 29.8. The first kappa shape index (κ1) is 29.1. The van der Waals surface area contributed by atoms with E-state index in [2.05, 4.69) is 27.3 Å². The summed E-state index contributed by atoms with van der Waals surface area (Å²) in [5.41, 5.74) is 2.74. The third-order valence-corrected chi connectivity index (χ3v) is 10.1. The number of hydrogen-bond donors (Lipinski definition) is 1. The minimum Gasteiger partial charge on any atom is -0.353 e. The van der Waals surface area contributed by atoms with Gasteiger partial charge in [0.1, 0.15) is 0 Å². The predicted molar refractivity (Wildman–Crippen MR) is 167 cm³/mol. The molecule has 0 bridgehead atoms. The standard InChI is InChI=1S/C35H43N5O3/c1-2-32(41)37-29-16-20-40(31(21-29)27-13-7-4-8-14-27)34(43)38-19-15-28(35(24-38)17-9-10-18-35)23-39-25-36-30(22-33(39)42)26-11-5-3-6-12-26/h3-8,11-14,22,25,28-29,31H,2,9-10,15-21,23-24H2,1H3,(H,37,41)/t28-,29+,31-/m0/s1. The minimum absolute atomic E-state index is 0.0150. The molecule has 0 unspecified atom stereocenters. The highest BCUT2D eigenvalue weighted by atomic mass is 16.2. The number of aromatic nitrogens is 2. The van der Waals surface area contributed by atoms with Crippen LogP contribution in [0.3, 0.4) is 0 Å². The smallest absolute Gasteiger partial charge is 0.320 e. The maximum Gasteiger partial charge on any atom is 0.320 e. The van der Waals surface area contributed by atoms with Gasteiger partial charge in [0.15, 0.2) is 0 Å². The molecule has 1 saturated carbocycles. The Morgan fingerprint density at radius 2 is 1.70 bits per heavy atom. The highest BCUT2D eigenvalue weighted by Crippen LogP contribution is 2.49. The Morgan fingerprint density at radius 3 is 2.40 bits per heavy atom. The lowest BCUT2D eigenvalue weighted by Crippen LogP contribution is -2.57. The summed E-state index contributed by atoms with van der Waals surface area (Å²) < 4.78 is 1.77. The van der Waals surface area contributed by atoms with E-state index in [1.807, 2.05) is 60.4 Å². The molecule has 3 aromatic rings. The molecule has 3 aliphatic rings. The molecule has 0 radical (unpaired) electrons. The van der Waals surface area contributed by atoms with Crippen molar-refractivity contribution in [1.29, 1.82) is 0 Å². The minimum atomic E-state index is -0.0744. The fourth-order valence-electron chi connectivity index (χ4n) is 7.70. The Labute approximate surface area is 254 Å². The number of nitrogens with zero attached hydrogens (tertiary/aromatic N) is 4. The molecule has 3 fully saturated rings. The van der Waals surface area contributed by atoms with Gasteiger partial charge in [0.2, 0.25) is 5.91 Å². The van der Waals surface area contributed by atoms with Crippen molar-refractivity contribution in [2.45, 2.75) is 76.9 Å². The van der Waals surface area contributed by atoms with E-state index in [1.54, 1.807) is 17.0 Å². The quantitative estimate of drug-likeness (QED) is 0.408. The summed E-state index contributed by atoms with van der Waals surface area (Å²) in [6.45, 7) is 4.54. The zero-order valence-corrected chi connectivity index (χ0v) is 25.2. The summed E-state index contributed by atoms with van der Waals surface area (Å²) in [5.74, 6) is 0.381. The van der Waals surface area contributed by atoms with Crippen LogP contribution < -0.4 is 10.9 Å². The average molecular weight is 582 g/mol. The molecule has 3 atom stereocenters. The van der Waals surface area contributed by atoms with Crippen molar-refractivity contribution in [3.8, 4) is 11.3 Å². The first-order valence-electron chi connectivity index (χ1n) is 16.0. The highest BCUT2D eigenvalue weighted by Gasteiger charge is 2.47. The average Bonchev–Trinajstić information content (AvgIpc) is 3.52. The second kappa shape index (κ2) is 12.7. The molecule has 3 amide bonds. The van der Waals surface area contributed by atoms with Crippen molar-refractivity contribution in [3.05, 3.63) is 89.0 Å². The number of benzene rings is 2. The summed E-state index contributed by atoms with van der Waals surface area (Å²) >= 11 is 0. The fraction of sp³-hybridized carbons (Fsp3) is 0.486. The number of carbonyl (C=O) groups is 2. The van der Waals surface area contributed by atoms with E-state index < -0.39 is 0 Å². The third kappa shape index (κ3) is 6.24. The fourth-order valence-corrected chi connectivity index (χ4v) is 7.70. The van der Waals surface area contributed by atoms with Gasteiger partial charge in [0.25, 0.3) is 5.56 Å². The molecule has 8 nitrogen and oxygen atoms in total. The Balaban J connectivity index is 1.18. The summed E-state index contributed by atoms with van der Waals surface area (Å²) in [6.07, 6.45) is 9.01. The number of carbonyl (C=O) groups excluding carboxylic acids is 2. The van der Waals surface area contributed by atoms with Gasteiger partial charge in [0.05, 0.1) is 18.1 Å². The van der Waals surface area contributed by atoms with Gasteiger partial charge >= 0.3 is 6.03 Å². The SMILES string of the molecule is CCC(=O)N[C@@H]1CCN(C(=O)N2CC[C@@H](Cn3cnc(-c4ccccc4)cc3=O)C3(CCCC3)C2)[C@H](c2ccccc2)C1. The van der Waals surface area contributed by atoms with Gasteiger partial charge in [-0.1, -0.05) is 80.4 Å². The molecule has 6 rings (SSSR count). The van der Waals surface area contributed by atoms with Crippen LogP contribution in [0.15, 0.2) is 77.9 Å². The van der Waals surface area contributed by atoms with Crippen molar-refractivity contribution in [2.24, 2.45) is 11.3 Å². The van der Waals surface area contributed by atoms with E-state index in [9.17, 15) is 14.4 Å². The van der Waals surface area contributed by atoms with Crippen molar-refractivity contribution in [2.75, 3.05) is 19.6 Å². The lowest BCUT2D eigenvalue weighted by atomic mass is 9.69. The number of urea groups is 1. The largest absolute Gasteiger partial charge is 0.353 e. The van der Waals surface area contributed by atoms with Crippen LogP contribution in [0.2, 0.25) is 0 Å². The van der Waals surface area contributed by atoms with Gasteiger partial charge in [-0.3, -0.25) is 14.2 Å². The van der Waals surface area contributed by atoms with E-state index in [-0.39, 0.29) is 35.0 Å². The molecule has 8 heteroatoms. The van der Waals surface area contributed by atoms with Gasteiger partial charge in [-0.2, -0.15) is 0 Å². The van der Waals surface area contributed by atoms with Crippen molar-refractivity contribution >= 4 is 11.9 Å². The van der Waals surface area contributed by atoms with Crippen molar-refractivity contribution < 1.29 is 9.59 Å². The number of likely N-dealkylation sites (tertiary alicyclic amines) is 2. The van der Waals surface area contributed by atoms with Gasteiger partial charge < -0.3 is 15.1 Å². The number of amides is 3. The summed E-state index contributed by atoms with van der Waals surface area (Å²) in [4.78, 5) is 48.4. The molecule has 226 valence electrons. The van der Waals surface area contributed by atoms with Crippen LogP contribution in [0.25, 0.3) is 11.3 Å². The number of hydrogen-bond acceptors (Lipinski definition) is 4. The number of rotatable bonds is 6. The summed E-state index contributed by atoms with van der Waals surface area (Å²) in [7, 11) is 0. The van der Waals surface area contributed by atoms with E-state index in [0.717, 1.165) is 62.6 Å². The second-order valence-corrected chi connectivity index (χ2v) is 12.7. The molecule has 1 N–H and O–H groups in total. The topological polar surface area (TPSA) is 87.5 Å². The molecule has 2 saturated heterocycles. The molecule has 1 aromatic heterocycles. The van der Waals surface area contributed by atoms with Crippen LogP contribution >= 0.6 is 0 Å². The van der Waals surface area contributed by atoms with Gasteiger partial charge in [-0.15, -0.1) is 0 Å². The van der Waals surface area contributed by atoms with E-state index in [1.165, 1.54) is 0 Å². The molecule has 1 spiro atoms. The first-order valence-corrected chi connectivity index (χ1v) is 16.0. The van der Waals surface area contributed by atoms with Crippen LogP contribution in [0.5, 0.6) is 0 Å².